The van der Waals surface area contributed by atoms with Gasteiger partial charge in [-0.15, -0.1) is 0 Å². The molecular weight excluding hydrogens is 446 g/mol. The van der Waals surface area contributed by atoms with E-state index in [2.05, 4.69) is 146 Å². The molecule has 34 heavy (non-hydrogen) atoms. The summed E-state index contributed by atoms with van der Waals surface area (Å²) in [6.07, 6.45) is 4.62. The van der Waals surface area contributed by atoms with Gasteiger partial charge in [-0.25, -0.2) is 0 Å². The van der Waals surface area contributed by atoms with E-state index in [0.717, 1.165) is 12.3 Å². The van der Waals surface area contributed by atoms with Crippen LogP contribution in [0.4, 0.5) is 0 Å². The van der Waals surface area contributed by atoms with Crippen molar-refractivity contribution in [1.82, 2.24) is 0 Å². The van der Waals surface area contributed by atoms with Gasteiger partial charge in [0.2, 0.25) is 0 Å². The quantitative estimate of drug-likeness (QED) is 0.155. The van der Waals surface area contributed by atoms with Crippen molar-refractivity contribution < 1.29 is 0 Å². The maximum atomic E-state index is 4.36. The molecule has 4 aromatic carbocycles. The first kappa shape index (κ1) is 24.3. The number of hydrogen-bond acceptors (Lipinski definition) is 0. The molecule has 0 aliphatic rings. The largest absolute Gasteiger partial charge is 0.104 e. The summed E-state index contributed by atoms with van der Waals surface area (Å²) < 4.78 is 0. The molecule has 4 rings (SSSR count). The van der Waals surface area contributed by atoms with Crippen LogP contribution in [0.5, 0.6) is 0 Å². The Morgan fingerprint density at radius 1 is 0.412 bits per heavy atom. The molecule has 0 N–H and O–H groups in total. The second-order valence-electron chi connectivity index (χ2n) is 8.60. The summed E-state index contributed by atoms with van der Waals surface area (Å²) in [6.45, 7) is 8.73. The standard InChI is InChI=1S/C32H34P2/c1-3-33(29-19-9-5-10-20-29,30-21-11-6-12-22-30)27-17-18-28-34(4-2,31-23-13-7-14-24-31)32-25-15-8-16-26-32/h3-16,19-26H,1-2,17-18,27-28H2/q+2. The topological polar surface area (TPSA) is 0 Å². The number of benzene rings is 4. The van der Waals surface area contributed by atoms with Crippen molar-refractivity contribution in [2.24, 2.45) is 0 Å². The molecule has 0 spiro atoms. The Hall–Kier alpha value is -2.78. The molecule has 0 aliphatic heterocycles. The van der Waals surface area contributed by atoms with Gasteiger partial charge in [-0.3, -0.25) is 0 Å². The molecular formula is C32H34P2+2. The molecule has 0 bridgehead atoms. The van der Waals surface area contributed by atoms with E-state index in [1.807, 2.05) is 0 Å². The van der Waals surface area contributed by atoms with Crippen LogP contribution in [-0.4, -0.2) is 12.3 Å². The molecule has 0 atom stereocenters. The minimum atomic E-state index is -1.67. The van der Waals surface area contributed by atoms with Crippen molar-refractivity contribution in [2.75, 3.05) is 12.3 Å². The van der Waals surface area contributed by atoms with Gasteiger partial charge in [-0.2, -0.15) is 0 Å². The van der Waals surface area contributed by atoms with Crippen molar-refractivity contribution in [3.63, 3.8) is 0 Å². The van der Waals surface area contributed by atoms with Gasteiger partial charge in [0.15, 0.2) is 0 Å². The average molecular weight is 481 g/mol. The Bertz CT molecular complexity index is 993. The first-order valence-corrected chi connectivity index (χ1v) is 16.1. The SMILES string of the molecule is C=C[P+](CCCC[P+](C=C)(c1ccccc1)c1ccccc1)(c1ccccc1)c1ccccc1. The van der Waals surface area contributed by atoms with E-state index >= 15 is 0 Å². The smallest absolute Gasteiger partial charge is 0.0631 e. The predicted octanol–water partition coefficient (Wildman–Crippen LogP) is 7.39. The normalized spacial score (nSPS) is 11.6. The lowest BCUT2D eigenvalue weighted by molar-refractivity contribution is 0.897. The maximum absolute atomic E-state index is 4.36. The van der Waals surface area contributed by atoms with Crippen LogP contribution in [0.25, 0.3) is 0 Å². The second kappa shape index (κ2) is 11.6. The fraction of sp³-hybridized carbons (Fsp3) is 0.125. The molecule has 170 valence electrons. The van der Waals surface area contributed by atoms with E-state index in [4.69, 9.17) is 0 Å². The average Bonchev–Trinajstić information content (AvgIpc) is 2.93. The van der Waals surface area contributed by atoms with Crippen molar-refractivity contribution in [2.45, 2.75) is 12.8 Å². The lowest BCUT2D eigenvalue weighted by Crippen LogP contribution is -2.25. The Balaban J connectivity index is 1.61. The van der Waals surface area contributed by atoms with Gasteiger partial charge in [-0.1, -0.05) is 86.0 Å². The van der Waals surface area contributed by atoms with Gasteiger partial charge < -0.3 is 0 Å². The van der Waals surface area contributed by atoms with Crippen LogP contribution in [0, 0.1) is 0 Å². The minimum absolute atomic E-state index is 1.14. The molecule has 4 aromatic rings. The molecule has 0 radical (unpaired) electrons. The first-order chi connectivity index (χ1) is 16.7. The molecule has 2 heteroatoms. The molecule has 0 aliphatic carbocycles. The van der Waals surface area contributed by atoms with Gasteiger partial charge >= 0.3 is 0 Å². The Morgan fingerprint density at radius 3 is 0.853 bits per heavy atom. The van der Waals surface area contributed by atoms with Crippen LogP contribution < -0.4 is 21.2 Å². The lowest BCUT2D eigenvalue weighted by atomic mass is 10.4. The van der Waals surface area contributed by atoms with E-state index in [0.29, 0.717) is 0 Å². The molecule has 0 heterocycles. The highest BCUT2D eigenvalue weighted by Gasteiger charge is 2.42. The fourth-order valence-electron chi connectivity index (χ4n) is 4.92. The van der Waals surface area contributed by atoms with Crippen LogP contribution in [0.15, 0.2) is 146 Å². The summed E-state index contributed by atoms with van der Waals surface area (Å²) >= 11 is 0. The van der Waals surface area contributed by atoms with Crippen molar-refractivity contribution >= 4 is 35.7 Å². The Labute approximate surface area is 206 Å². The van der Waals surface area contributed by atoms with Crippen molar-refractivity contribution in [3.05, 3.63) is 146 Å². The first-order valence-electron chi connectivity index (χ1n) is 12.0. The zero-order chi connectivity index (χ0) is 23.7. The van der Waals surface area contributed by atoms with E-state index in [1.165, 1.54) is 34.1 Å². The van der Waals surface area contributed by atoms with Gasteiger partial charge in [0.05, 0.1) is 24.0 Å². The summed E-state index contributed by atoms with van der Waals surface area (Å²) in [5.41, 5.74) is 0. The zero-order valence-electron chi connectivity index (χ0n) is 19.8. The van der Waals surface area contributed by atoms with Gasteiger partial charge in [0.1, 0.15) is 35.7 Å². The highest BCUT2D eigenvalue weighted by molar-refractivity contribution is 7.92. The highest BCUT2D eigenvalue weighted by atomic mass is 31.2. The summed E-state index contributed by atoms with van der Waals surface area (Å²) in [7, 11) is -3.33. The Kier molecular flexibility index (Phi) is 8.29. The lowest BCUT2D eigenvalue weighted by Gasteiger charge is -2.26. The molecule has 0 unspecified atom stereocenters. The molecule has 0 saturated heterocycles. The van der Waals surface area contributed by atoms with Crippen LogP contribution in [0.1, 0.15) is 12.8 Å². The van der Waals surface area contributed by atoms with Crippen LogP contribution in [-0.2, 0) is 0 Å². The maximum Gasteiger partial charge on any atom is 0.104 e. The predicted molar refractivity (Wildman–Crippen MR) is 158 cm³/mol. The third kappa shape index (κ3) is 5.00. The number of unbranched alkanes of at least 4 members (excludes halogenated alkanes) is 1. The highest BCUT2D eigenvalue weighted by Crippen LogP contribution is 2.60. The molecule has 0 aromatic heterocycles. The molecule has 0 amide bonds. The summed E-state index contributed by atoms with van der Waals surface area (Å²) in [5.74, 6) is 4.53. The minimum Gasteiger partial charge on any atom is -0.0631 e. The van der Waals surface area contributed by atoms with E-state index in [9.17, 15) is 0 Å². The van der Waals surface area contributed by atoms with Crippen LogP contribution in [0.2, 0.25) is 0 Å². The van der Waals surface area contributed by atoms with Gasteiger partial charge in [0, 0.05) is 0 Å². The van der Waals surface area contributed by atoms with E-state index < -0.39 is 14.5 Å². The monoisotopic (exact) mass is 480 g/mol. The van der Waals surface area contributed by atoms with E-state index in [1.54, 1.807) is 0 Å². The fourth-order valence-corrected chi connectivity index (χ4v) is 12.0. The van der Waals surface area contributed by atoms with Gasteiger partial charge in [0.25, 0.3) is 0 Å². The number of hydrogen-bond donors (Lipinski definition) is 0. The Morgan fingerprint density at radius 2 is 0.647 bits per heavy atom. The number of rotatable bonds is 11. The second-order valence-corrected chi connectivity index (χ2v) is 15.8. The van der Waals surface area contributed by atoms with E-state index in [-0.39, 0.29) is 0 Å². The summed E-state index contributed by atoms with van der Waals surface area (Å²) in [6, 6.07) is 44.0. The third-order valence-corrected chi connectivity index (χ3v) is 14.9. The van der Waals surface area contributed by atoms with Crippen molar-refractivity contribution in [3.8, 4) is 0 Å². The zero-order valence-corrected chi connectivity index (χ0v) is 21.6. The molecule has 0 saturated carbocycles. The van der Waals surface area contributed by atoms with Gasteiger partial charge in [-0.05, 0) is 61.4 Å². The molecule has 0 nitrogen and oxygen atoms in total. The third-order valence-electron chi connectivity index (χ3n) is 6.76. The molecule has 0 fully saturated rings. The van der Waals surface area contributed by atoms with Crippen molar-refractivity contribution in [1.29, 1.82) is 0 Å². The van der Waals surface area contributed by atoms with Crippen LogP contribution >= 0.6 is 14.5 Å². The summed E-state index contributed by atoms with van der Waals surface area (Å²) in [4.78, 5) is 0. The summed E-state index contributed by atoms with van der Waals surface area (Å²) in [5, 5.41) is 5.69. The van der Waals surface area contributed by atoms with Crippen LogP contribution in [0.3, 0.4) is 0 Å².